The van der Waals surface area contributed by atoms with E-state index in [1.165, 1.54) is 0 Å². The third-order valence-corrected chi connectivity index (χ3v) is 3.70. The van der Waals surface area contributed by atoms with E-state index in [-0.39, 0.29) is 12.1 Å². The van der Waals surface area contributed by atoms with Crippen molar-refractivity contribution in [3.8, 4) is 5.88 Å². The molecule has 0 bridgehead atoms. The molecular weight excluding hydrogens is 296 g/mol. The van der Waals surface area contributed by atoms with Crippen molar-refractivity contribution in [3.05, 3.63) is 23.9 Å². The average molecular weight is 322 g/mol. The van der Waals surface area contributed by atoms with E-state index in [4.69, 9.17) is 9.47 Å². The van der Waals surface area contributed by atoms with E-state index < -0.39 is 0 Å². The van der Waals surface area contributed by atoms with Gasteiger partial charge in [0.25, 0.3) is 0 Å². The number of aromatic nitrogens is 1. The van der Waals surface area contributed by atoms with Crippen molar-refractivity contribution in [1.29, 1.82) is 0 Å². The van der Waals surface area contributed by atoms with E-state index >= 15 is 0 Å². The quantitative estimate of drug-likeness (QED) is 0.698. The summed E-state index contributed by atoms with van der Waals surface area (Å²) in [5.41, 5.74) is 1.15. The molecule has 1 saturated heterocycles. The minimum absolute atomic E-state index is 0.128. The maximum atomic E-state index is 11.7. The van der Waals surface area contributed by atoms with E-state index in [0.717, 1.165) is 31.6 Å². The van der Waals surface area contributed by atoms with Crippen LogP contribution in [0.15, 0.2) is 18.3 Å². The van der Waals surface area contributed by atoms with Gasteiger partial charge in [0, 0.05) is 51.6 Å². The van der Waals surface area contributed by atoms with Gasteiger partial charge in [-0.1, -0.05) is 6.07 Å². The lowest BCUT2D eigenvalue weighted by Gasteiger charge is -2.17. The van der Waals surface area contributed by atoms with E-state index in [0.29, 0.717) is 25.6 Å². The summed E-state index contributed by atoms with van der Waals surface area (Å²) in [4.78, 5) is 18.3. The highest BCUT2D eigenvalue weighted by atomic mass is 16.5. The summed E-state index contributed by atoms with van der Waals surface area (Å²) in [6.45, 7) is 6.27. The number of likely N-dealkylation sites (tertiary alicyclic amines) is 1. The Balaban J connectivity index is 1.71. The van der Waals surface area contributed by atoms with Gasteiger partial charge in [-0.3, -0.25) is 4.90 Å². The highest BCUT2D eigenvalue weighted by molar-refractivity contribution is 5.74. The summed E-state index contributed by atoms with van der Waals surface area (Å²) in [5, 5.41) is 5.77. The molecule has 23 heavy (non-hydrogen) atoms. The van der Waals surface area contributed by atoms with Crippen LogP contribution in [0.5, 0.6) is 5.88 Å². The van der Waals surface area contributed by atoms with Gasteiger partial charge < -0.3 is 20.1 Å². The first-order valence-electron chi connectivity index (χ1n) is 8.04. The molecule has 0 radical (unpaired) electrons. The maximum Gasteiger partial charge on any atom is 0.315 e. The molecule has 1 unspecified atom stereocenters. The van der Waals surface area contributed by atoms with Gasteiger partial charge >= 0.3 is 6.03 Å². The zero-order valence-corrected chi connectivity index (χ0v) is 13.9. The first-order valence-corrected chi connectivity index (χ1v) is 8.04. The van der Waals surface area contributed by atoms with Gasteiger partial charge in [0.2, 0.25) is 5.88 Å². The predicted octanol–water partition coefficient (Wildman–Crippen LogP) is 1.00. The summed E-state index contributed by atoms with van der Waals surface area (Å²) < 4.78 is 10.2. The smallest absolute Gasteiger partial charge is 0.315 e. The Kier molecular flexibility index (Phi) is 7.09. The molecule has 1 aliphatic heterocycles. The second-order valence-electron chi connectivity index (χ2n) is 5.55. The lowest BCUT2D eigenvalue weighted by molar-refractivity contribution is 0.195. The van der Waals surface area contributed by atoms with Gasteiger partial charge in [-0.05, 0) is 18.9 Å². The van der Waals surface area contributed by atoms with Gasteiger partial charge in [-0.25, -0.2) is 9.78 Å². The zero-order valence-electron chi connectivity index (χ0n) is 13.9. The number of nitrogens with zero attached hydrogens (tertiary/aromatic N) is 2. The Labute approximate surface area is 137 Å². The molecule has 1 aromatic heterocycles. The molecule has 0 saturated carbocycles. The predicted molar refractivity (Wildman–Crippen MR) is 87.5 cm³/mol. The third-order valence-electron chi connectivity index (χ3n) is 3.70. The van der Waals surface area contributed by atoms with Crippen molar-refractivity contribution in [3.63, 3.8) is 0 Å². The average Bonchev–Trinajstić information content (AvgIpc) is 2.97. The Morgan fingerprint density at radius 1 is 1.48 bits per heavy atom. The molecule has 0 spiro atoms. The molecule has 1 atom stereocenters. The van der Waals surface area contributed by atoms with E-state index in [9.17, 15) is 4.79 Å². The Bertz CT molecular complexity index is 481. The van der Waals surface area contributed by atoms with Crippen LogP contribution in [0.4, 0.5) is 4.79 Å². The lowest BCUT2D eigenvalue weighted by Crippen LogP contribution is -2.44. The summed E-state index contributed by atoms with van der Waals surface area (Å²) >= 11 is 0. The number of nitrogens with one attached hydrogen (secondary N) is 2. The summed E-state index contributed by atoms with van der Waals surface area (Å²) in [5.74, 6) is 0.657. The van der Waals surface area contributed by atoms with Crippen LogP contribution in [-0.2, 0) is 11.3 Å². The molecule has 2 heterocycles. The van der Waals surface area contributed by atoms with Crippen LogP contribution in [0.25, 0.3) is 0 Å². The highest BCUT2D eigenvalue weighted by Gasteiger charge is 2.23. The maximum absolute atomic E-state index is 11.7. The number of hydrogen-bond acceptors (Lipinski definition) is 5. The molecule has 2 amide bonds. The van der Waals surface area contributed by atoms with Crippen LogP contribution in [0.1, 0.15) is 18.9 Å². The number of amides is 2. The number of rotatable bonds is 8. The van der Waals surface area contributed by atoms with Crippen molar-refractivity contribution in [2.75, 3.05) is 40.0 Å². The molecule has 7 nitrogen and oxygen atoms in total. The van der Waals surface area contributed by atoms with Crippen LogP contribution in [0.2, 0.25) is 0 Å². The zero-order chi connectivity index (χ0) is 16.5. The first kappa shape index (κ1) is 17.5. The van der Waals surface area contributed by atoms with Crippen molar-refractivity contribution in [2.24, 2.45) is 0 Å². The SMILES string of the molecule is CCOc1ccc(CN2CCC(NC(=O)NCCOC)C2)cn1. The third kappa shape index (κ3) is 6.03. The molecular formula is C16H26N4O3. The topological polar surface area (TPSA) is 75.7 Å². The van der Waals surface area contributed by atoms with Gasteiger partial charge in [0.1, 0.15) is 0 Å². The second-order valence-corrected chi connectivity index (χ2v) is 5.55. The van der Waals surface area contributed by atoms with Crippen LogP contribution < -0.4 is 15.4 Å². The fraction of sp³-hybridized carbons (Fsp3) is 0.625. The minimum Gasteiger partial charge on any atom is -0.478 e. The van der Waals surface area contributed by atoms with Crippen molar-refractivity contribution >= 4 is 6.03 Å². The van der Waals surface area contributed by atoms with Gasteiger partial charge in [0.15, 0.2) is 0 Å². The largest absolute Gasteiger partial charge is 0.478 e. The van der Waals surface area contributed by atoms with Gasteiger partial charge in [-0.15, -0.1) is 0 Å². The molecule has 0 aromatic carbocycles. The van der Waals surface area contributed by atoms with E-state index in [2.05, 4.69) is 20.5 Å². The number of urea groups is 1. The Morgan fingerprint density at radius 3 is 3.04 bits per heavy atom. The molecule has 128 valence electrons. The summed E-state index contributed by atoms with van der Waals surface area (Å²) in [6, 6.07) is 3.99. The van der Waals surface area contributed by atoms with Crippen LogP contribution in [0, 0.1) is 0 Å². The molecule has 2 rings (SSSR count). The van der Waals surface area contributed by atoms with E-state index in [1.807, 2.05) is 25.3 Å². The number of methoxy groups -OCH3 is 1. The molecule has 1 aromatic rings. The van der Waals surface area contributed by atoms with Gasteiger partial charge in [-0.2, -0.15) is 0 Å². The molecule has 7 heteroatoms. The second kappa shape index (κ2) is 9.32. The molecule has 1 fully saturated rings. The van der Waals surface area contributed by atoms with Gasteiger partial charge in [0.05, 0.1) is 13.2 Å². The number of pyridine rings is 1. The normalized spacial score (nSPS) is 17.9. The summed E-state index contributed by atoms with van der Waals surface area (Å²) in [7, 11) is 1.62. The highest BCUT2D eigenvalue weighted by Crippen LogP contribution is 2.14. The van der Waals surface area contributed by atoms with Crippen molar-refractivity contribution in [2.45, 2.75) is 25.9 Å². The Hall–Kier alpha value is -1.86. The number of hydrogen-bond donors (Lipinski definition) is 2. The molecule has 2 N–H and O–H groups in total. The molecule has 0 aliphatic carbocycles. The monoisotopic (exact) mass is 322 g/mol. The Morgan fingerprint density at radius 2 is 2.35 bits per heavy atom. The number of carbonyl (C=O) groups is 1. The van der Waals surface area contributed by atoms with Crippen LogP contribution in [-0.4, -0.2) is 61.9 Å². The fourth-order valence-electron chi connectivity index (χ4n) is 2.59. The number of carbonyl (C=O) groups excluding carboxylic acids is 1. The minimum atomic E-state index is -0.128. The molecule has 1 aliphatic rings. The van der Waals surface area contributed by atoms with Crippen LogP contribution >= 0.6 is 0 Å². The first-order chi connectivity index (χ1) is 11.2. The van der Waals surface area contributed by atoms with E-state index in [1.54, 1.807) is 7.11 Å². The van der Waals surface area contributed by atoms with Crippen molar-refractivity contribution in [1.82, 2.24) is 20.5 Å². The fourth-order valence-corrected chi connectivity index (χ4v) is 2.59. The standard InChI is InChI=1S/C16H26N4O3/c1-3-23-15-5-4-13(10-18-15)11-20-8-6-14(12-20)19-16(21)17-7-9-22-2/h4-5,10,14H,3,6-9,11-12H2,1-2H3,(H2,17,19,21). The summed E-state index contributed by atoms with van der Waals surface area (Å²) in [6.07, 6.45) is 2.81. The number of ether oxygens (including phenoxy) is 2. The van der Waals surface area contributed by atoms with Crippen LogP contribution in [0.3, 0.4) is 0 Å². The van der Waals surface area contributed by atoms with Crippen molar-refractivity contribution < 1.29 is 14.3 Å². The lowest BCUT2D eigenvalue weighted by atomic mass is 10.2.